The average Bonchev–Trinajstić information content (AvgIpc) is 2.60. The van der Waals surface area contributed by atoms with Gasteiger partial charge in [-0.25, -0.2) is 0 Å². The Bertz CT molecular complexity index is 467. The number of carbonyl (C=O) groups is 2. The third-order valence-electron chi connectivity index (χ3n) is 6.57. The smallest absolute Gasteiger partial charge is 0.222 e. The molecule has 4 atom stereocenters. The Morgan fingerprint density at radius 1 is 0.880 bits per heavy atom. The van der Waals surface area contributed by atoms with Crippen molar-refractivity contribution in [2.24, 2.45) is 17.8 Å². The lowest BCUT2D eigenvalue weighted by molar-refractivity contribution is -0.138. The van der Waals surface area contributed by atoms with Gasteiger partial charge in [-0.05, 0) is 56.3 Å². The van der Waals surface area contributed by atoms with Crippen LogP contribution in [0.5, 0.6) is 0 Å². The summed E-state index contributed by atoms with van der Waals surface area (Å²) in [6.07, 6.45) is 10.6. The topological polar surface area (TPSA) is 40.6 Å². The van der Waals surface area contributed by atoms with Gasteiger partial charge < -0.3 is 9.80 Å². The number of rotatable bonds is 4. The van der Waals surface area contributed by atoms with E-state index in [2.05, 4.69) is 18.7 Å². The number of likely N-dealkylation sites (tertiary alicyclic amines) is 2. The highest BCUT2D eigenvalue weighted by molar-refractivity contribution is 5.79. The zero-order chi connectivity index (χ0) is 17.8. The molecular formula is C21H36N2O2. The summed E-state index contributed by atoms with van der Waals surface area (Å²) in [7, 11) is 0. The zero-order valence-electron chi connectivity index (χ0n) is 16.2. The number of hydrogen-bond acceptors (Lipinski definition) is 2. The van der Waals surface area contributed by atoms with Crippen LogP contribution in [0.2, 0.25) is 0 Å². The van der Waals surface area contributed by atoms with Gasteiger partial charge in [0.2, 0.25) is 11.8 Å². The summed E-state index contributed by atoms with van der Waals surface area (Å²) in [6, 6.07) is 0.495. The minimum atomic E-state index is 0.250. The van der Waals surface area contributed by atoms with E-state index >= 15 is 0 Å². The predicted octanol–water partition coefficient (Wildman–Crippen LogP) is 3.84. The Morgan fingerprint density at radius 2 is 1.52 bits per heavy atom. The van der Waals surface area contributed by atoms with Crippen LogP contribution in [0.4, 0.5) is 0 Å². The second kappa shape index (κ2) is 8.55. The molecule has 2 saturated heterocycles. The van der Waals surface area contributed by atoms with Crippen molar-refractivity contribution in [3.8, 4) is 0 Å². The third-order valence-corrected chi connectivity index (χ3v) is 6.57. The van der Waals surface area contributed by atoms with Gasteiger partial charge in [0.25, 0.3) is 0 Å². The molecule has 1 aliphatic carbocycles. The van der Waals surface area contributed by atoms with E-state index in [1.807, 2.05) is 4.90 Å². The second-order valence-electron chi connectivity index (χ2n) is 8.94. The Balaban J connectivity index is 1.43. The summed E-state index contributed by atoms with van der Waals surface area (Å²) in [5.41, 5.74) is 0. The van der Waals surface area contributed by atoms with Gasteiger partial charge >= 0.3 is 0 Å². The minimum absolute atomic E-state index is 0.250. The Hall–Kier alpha value is -1.06. The van der Waals surface area contributed by atoms with Gasteiger partial charge in [0.15, 0.2) is 0 Å². The molecule has 3 fully saturated rings. The van der Waals surface area contributed by atoms with E-state index in [1.165, 1.54) is 38.5 Å². The summed E-state index contributed by atoms with van der Waals surface area (Å²) in [5.74, 6) is 2.49. The molecule has 2 heterocycles. The lowest BCUT2D eigenvalue weighted by Gasteiger charge is -2.44. The number of hydrogen-bond donors (Lipinski definition) is 0. The highest BCUT2D eigenvalue weighted by Gasteiger charge is 2.35. The quantitative estimate of drug-likeness (QED) is 0.774. The number of fused-ring (bicyclic) bond motifs is 1. The van der Waals surface area contributed by atoms with E-state index in [-0.39, 0.29) is 5.91 Å². The fraction of sp³-hybridized carbons (Fsp3) is 0.905. The first-order chi connectivity index (χ1) is 12.0. The van der Waals surface area contributed by atoms with Gasteiger partial charge in [0.05, 0.1) is 0 Å². The molecule has 0 radical (unpaired) electrons. The van der Waals surface area contributed by atoms with E-state index in [9.17, 15) is 9.59 Å². The lowest BCUT2D eigenvalue weighted by Crippen LogP contribution is -2.49. The molecule has 2 amide bonds. The van der Waals surface area contributed by atoms with E-state index in [1.54, 1.807) is 0 Å². The molecule has 0 bridgehead atoms. The van der Waals surface area contributed by atoms with Crippen molar-refractivity contribution < 1.29 is 9.59 Å². The van der Waals surface area contributed by atoms with Gasteiger partial charge in [-0.15, -0.1) is 0 Å². The first-order valence-electron chi connectivity index (χ1n) is 10.6. The summed E-state index contributed by atoms with van der Waals surface area (Å²) in [5, 5.41) is 0. The summed E-state index contributed by atoms with van der Waals surface area (Å²) in [4.78, 5) is 29.4. The zero-order valence-corrected chi connectivity index (χ0v) is 16.2. The van der Waals surface area contributed by atoms with Crippen LogP contribution in [0.15, 0.2) is 0 Å². The van der Waals surface area contributed by atoms with Crippen LogP contribution in [0.1, 0.15) is 78.1 Å². The second-order valence-corrected chi connectivity index (χ2v) is 8.94. The summed E-state index contributed by atoms with van der Waals surface area (Å²) >= 11 is 0. The van der Waals surface area contributed by atoms with Gasteiger partial charge in [-0.2, -0.15) is 0 Å². The molecule has 142 valence electrons. The third kappa shape index (κ3) is 4.77. The molecule has 4 nitrogen and oxygen atoms in total. The fourth-order valence-electron chi connectivity index (χ4n) is 5.49. The van der Waals surface area contributed by atoms with Gasteiger partial charge in [0.1, 0.15) is 0 Å². The van der Waals surface area contributed by atoms with Gasteiger partial charge in [0, 0.05) is 38.5 Å². The van der Waals surface area contributed by atoms with Gasteiger partial charge in [-0.1, -0.05) is 26.7 Å². The highest BCUT2D eigenvalue weighted by atomic mass is 16.2. The molecular weight excluding hydrogens is 312 g/mol. The minimum Gasteiger partial charge on any atom is -0.342 e. The normalized spacial score (nSPS) is 33.0. The highest BCUT2D eigenvalue weighted by Crippen LogP contribution is 2.35. The molecule has 4 unspecified atom stereocenters. The van der Waals surface area contributed by atoms with Crippen molar-refractivity contribution in [2.45, 2.75) is 84.1 Å². The molecule has 0 aromatic rings. The predicted molar refractivity (Wildman–Crippen MR) is 100 cm³/mol. The summed E-state index contributed by atoms with van der Waals surface area (Å²) in [6.45, 7) is 7.20. The average molecular weight is 349 g/mol. The van der Waals surface area contributed by atoms with Crippen LogP contribution in [-0.4, -0.2) is 47.3 Å². The van der Waals surface area contributed by atoms with Crippen molar-refractivity contribution in [3.63, 3.8) is 0 Å². The van der Waals surface area contributed by atoms with Crippen molar-refractivity contribution in [1.29, 1.82) is 0 Å². The monoisotopic (exact) mass is 348 g/mol. The van der Waals surface area contributed by atoms with Crippen LogP contribution in [0, 0.1) is 17.8 Å². The van der Waals surface area contributed by atoms with E-state index in [0.29, 0.717) is 43.0 Å². The maximum Gasteiger partial charge on any atom is 0.222 e. The van der Waals surface area contributed by atoms with E-state index in [0.717, 1.165) is 32.0 Å². The number of nitrogens with zero attached hydrogens (tertiary/aromatic N) is 2. The van der Waals surface area contributed by atoms with Gasteiger partial charge in [-0.3, -0.25) is 9.59 Å². The van der Waals surface area contributed by atoms with Crippen LogP contribution in [0.3, 0.4) is 0 Å². The number of amides is 2. The molecule has 0 aromatic heterocycles. The molecule has 3 aliphatic rings. The summed E-state index contributed by atoms with van der Waals surface area (Å²) < 4.78 is 0. The molecule has 0 aromatic carbocycles. The fourth-order valence-corrected chi connectivity index (χ4v) is 5.49. The standard InChI is InChI=1S/C21H36N2O2/c1-16-13-17(2)15-22(14-16)20(24)10-5-11-21(25)23-12-6-8-18-7-3-4-9-19(18)23/h16-19H,3-15H2,1-2H3. The maximum absolute atomic E-state index is 12.7. The maximum atomic E-state index is 12.7. The van der Waals surface area contributed by atoms with Crippen LogP contribution >= 0.6 is 0 Å². The molecule has 2 aliphatic heterocycles. The Morgan fingerprint density at radius 3 is 2.28 bits per heavy atom. The molecule has 0 N–H and O–H groups in total. The van der Waals surface area contributed by atoms with E-state index in [4.69, 9.17) is 0 Å². The first-order valence-corrected chi connectivity index (χ1v) is 10.6. The molecule has 1 saturated carbocycles. The molecule has 0 spiro atoms. The Kier molecular flexibility index (Phi) is 6.40. The number of piperidine rings is 2. The molecule has 4 heteroatoms. The van der Waals surface area contributed by atoms with Crippen molar-refractivity contribution in [2.75, 3.05) is 19.6 Å². The molecule has 3 rings (SSSR count). The van der Waals surface area contributed by atoms with E-state index < -0.39 is 0 Å². The first kappa shape index (κ1) is 18.7. The lowest BCUT2D eigenvalue weighted by atomic mass is 9.78. The van der Waals surface area contributed by atoms with Crippen molar-refractivity contribution >= 4 is 11.8 Å². The van der Waals surface area contributed by atoms with Crippen LogP contribution in [0.25, 0.3) is 0 Å². The largest absolute Gasteiger partial charge is 0.342 e. The number of carbonyl (C=O) groups excluding carboxylic acids is 2. The SMILES string of the molecule is CC1CC(C)CN(C(=O)CCCC(=O)N2CCCC3CCCCC32)C1. The molecule has 25 heavy (non-hydrogen) atoms. The van der Waals surface area contributed by atoms with Crippen LogP contribution < -0.4 is 0 Å². The van der Waals surface area contributed by atoms with Crippen molar-refractivity contribution in [1.82, 2.24) is 9.80 Å². The van der Waals surface area contributed by atoms with Crippen molar-refractivity contribution in [3.05, 3.63) is 0 Å². The van der Waals surface area contributed by atoms with Crippen LogP contribution in [-0.2, 0) is 9.59 Å². The Labute approximate surface area is 153 Å².